The molecule has 3 N–H and O–H groups in total. The van der Waals surface area contributed by atoms with Crippen LogP contribution in [0.1, 0.15) is 29.3 Å². The molecule has 5 heteroatoms. The molecular formula is C17H19N3O2. The molecule has 0 aromatic heterocycles. The minimum absolute atomic E-state index is 0.310. The summed E-state index contributed by atoms with van der Waals surface area (Å²) in [7, 11) is 0. The first kappa shape index (κ1) is 15.6. The summed E-state index contributed by atoms with van der Waals surface area (Å²) in [5.41, 5.74) is 9.94. The van der Waals surface area contributed by atoms with Gasteiger partial charge in [-0.05, 0) is 36.8 Å². The topological polar surface area (TPSA) is 76.7 Å². The summed E-state index contributed by atoms with van der Waals surface area (Å²) >= 11 is 0. The molecule has 0 saturated heterocycles. The predicted molar refractivity (Wildman–Crippen MR) is 88.1 cm³/mol. The van der Waals surface area contributed by atoms with Crippen molar-refractivity contribution < 1.29 is 9.53 Å². The van der Waals surface area contributed by atoms with Crippen LogP contribution in [0.2, 0.25) is 0 Å². The highest BCUT2D eigenvalue weighted by Crippen LogP contribution is 2.15. The van der Waals surface area contributed by atoms with Crippen molar-refractivity contribution in [1.29, 1.82) is 0 Å². The summed E-state index contributed by atoms with van der Waals surface area (Å²) in [6, 6.07) is 14.3. The van der Waals surface area contributed by atoms with E-state index in [9.17, 15) is 4.79 Å². The summed E-state index contributed by atoms with van der Waals surface area (Å²) in [4.78, 5) is 11.9. The lowest BCUT2D eigenvalue weighted by atomic mass is 10.2. The largest absolute Gasteiger partial charge is 0.493 e. The van der Waals surface area contributed by atoms with Gasteiger partial charge in [-0.15, -0.1) is 0 Å². The van der Waals surface area contributed by atoms with Gasteiger partial charge >= 0.3 is 0 Å². The molecule has 0 aliphatic heterocycles. The number of nitrogens with two attached hydrogens (primary N) is 1. The average molecular weight is 297 g/mol. The van der Waals surface area contributed by atoms with Gasteiger partial charge in [-0.1, -0.05) is 25.1 Å². The van der Waals surface area contributed by atoms with Crippen LogP contribution in [-0.2, 0) is 0 Å². The monoisotopic (exact) mass is 297 g/mol. The number of hydrogen-bond donors (Lipinski definition) is 2. The number of benzene rings is 2. The second-order valence-electron chi connectivity index (χ2n) is 4.71. The van der Waals surface area contributed by atoms with Crippen LogP contribution < -0.4 is 15.9 Å². The molecule has 5 nitrogen and oxygen atoms in total. The van der Waals surface area contributed by atoms with Crippen LogP contribution in [0.15, 0.2) is 53.6 Å². The summed E-state index contributed by atoms with van der Waals surface area (Å²) in [6.07, 6.45) is 2.49. The highest BCUT2D eigenvalue weighted by Gasteiger charge is 2.04. The number of nitrogens with one attached hydrogen (secondary N) is 1. The van der Waals surface area contributed by atoms with E-state index in [1.807, 2.05) is 31.2 Å². The number of nitrogen functional groups attached to an aromatic ring is 1. The lowest BCUT2D eigenvalue weighted by Crippen LogP contribution is -2.17. The van der Waals surface area contributed by atoms with Crippen LogP contribution in [0.5, 0.6) is 5.75 Å². The van der Waals surface area contributed by atoms with Crippen molar-refractivity contribution in [2.75, 3.05) is 12.3 Å². The Balaban J connectivity index is 2.02. The van der Waals surface area contributed by atoms with Gasteiger partial charge in [0.1, 0.15) is 5.75 Å². The van der Waals surface area contributed by atoms with Crippen molar-refractivity contribution in [2.24, 2.45) is 5.10 Å². The highest BCUT2D eigenvalue weighted by molar-refractivity contribution is 5.95. The Morgan fingerprint density at radius 1 is 1.27 bits per heavy atom. The van der Waals surface area contributed by atoms with E-state index in [1.165, 1.54) is 0 Å². The molecule has 114 valence electrons. The number of hydrogen-bond acceptors (Lipinski definition) is 4. The van der Waals surface area contributed by atoms with E-state index >= 15 is 0 Å². The number of carbonyl (C=O) groups is 1. The first-order valence-corrected chi connectivity index (χ1v) is 7.11. The van der Waals surface area contributed by atoms with Gasteiger partial charge in [-0.2, -0.15) is 5.10 Å². The Labute approximate surface area is 129 Å². The van der Waals surface area contributed by atoms with Crippen molar-refractivity contribution in [3.63, 3.8) is 0 Å². The highest BCUT2D eigenvalue weighted by atomic mass is 16.5. The van der Waals surface area contributed by atoms with Gasteiger partial charge in [-0.3, -0.25) is 4.79 Å². The molecule has 0 radical (unpaired) electrons. The van der Waals surface area contributed by atoms with E-state index in [0.29, 0.717) is 17.9 Å². The quantitative estimate of drug-likeness (QED) is 0.489. The number of amides is 1. The molecule has 0 saturated carbocycles. The zero-order chi connectivity index (χ0) is 15.8. The van der Waals surface area contributed by atoms with Crippen molar-refractivity contribution in [2.45, 2.75) is 13.3 Å². The summed E-state index contributed by atoms with van der Waals surface area (Å²) < 4.78 is 5.62. The normalized spacial score (nSPS) is 10.6. The average Bonchev–Trinajstić information content (AvgIpc) is 2.54. The van der Waals surface area contributed by atoms with Gasteiger partial charge in [0.15, 0.2) is 0 Å². The fraction of sp³-hybridized carbons (Fsp3) is 0.176. The molecule has 0 fully saturated rings. The number of carbonyl (C=O) groups excluding carboxylic acids is 1. The maximum Gasteiger partial charge on any atom is 0.271 e. The molecule has 2 rings (SSSR count). The smallest absolute Gasteiger partial charge is 0.271 e. The molecule has 0 bridgehead atoms. The Hall–Kier alpha value is -2.82. The molecule has 0 spiro atoms. The van der Waals surface area contributed by atoms with Crippen molar-refractivity contribution in [3.05, 3.63) is 59.7 Å². The summed E-state index contributed by atoms with van der Waals surface area (Å²) in [5.74, 6) is 0.432. The van der Waals surface area contributed by atoms with Crippen LogP contribution in [0.25, 0.3) is 0 Å². The van der Waals surface area contributed by atoms with E-state index in [4.69, 9.17) is 10.5 Å². The van der Waals surface area contributed by atoms with Crippen molar-refractivity contribution >= 4 is 17.8 Å². The van der Waals surface area contributed by atoms with Crippen LogP contribution in [0.4, 0.5) is 5.69 Å². The van der Waals surface area contributed by atoms with Crippen LogP contribution >= 0.6 is 0 Å². The fourth-order valence-electron chi connectivity index (χ4n) is 1.84. The molecule has 22 heavy (non-hydrogen) atoms. The van der Waals surface area contributed by atoms with Gasteiger partial charge in [0.05, 0.1) is 12.8 Å². The number of para-hydroxylation sites is 1. The van der Waals surface area contributed by atoms with Crippen LogP contribution in [0, 0.1) is 0 Å². The van der Waals surface area contributed by atoms with E-state index < -0.39 is 0 Å². The second kappa shape index (κ2) is 7.83. The summed E-state index contributed by atoms with van der Waals surface area (Å²) in [5, 5.41) is 3.97. The van der Waals surface area contributed by atoms with Crippen molar-refractivity contribution in [1.82, 2.24) is 5.43 Å². The number of anilines is 1. The Kier molecular flexibility index (Phi) is 5.54. The van der Waals surface area contributed by atoms with Gasteiger partial charge in [0.2, 0.25) is 0 Å². The molecule has 0 heterocycles. The lowest BCUT2D eigenvalue weighted by molar-refractivity contribution is 0.0955. The van der Waals surface area contributed by atoms with Crippen LogP contribution in [-0.4, -0.2) is 18.7 Å². The zero-order valence-electron chi connectivity index (χ0n) is 12.5. The van der Waals surface area contributed by atoms with E-state index in [0.717, 1.165) is 17.7 Å². The maximum atomic E-state index is 11.9. The summed E-state index contributed by atoms with van der Waals surface area (Å²) in [6.45, 7) is 2.68. The number of nitrogens with zero attached hydrogens (tertiary/aromatic N) is 1. The molecule has 0 aliphatic carbocycles. The Morgan fingerprint density at radius 3 is 2.86 bits per heavy atom. The van der Waals surface area contributed by atoms with Gasteiger partial charge in [-0.25, -0.2) is 5.43 Å². The third-order valence-corrected chi connectivity index (χ3v) is 2.90. The second-order valence-corrected chi connectivity index (χ2v) is 4.71. The molecule has 2 aromatic carbocycles. The van der Waals surface area contributed by atoms with Gasteiger partial charge in [0, 0.05) is 16.8 Å². The molecule has 0 aliphatic rings. The van der Waals surface area contributed by atoms with E-state index in [-0.39, 0.29) is 5.91 Å². The fourth-order valence-corrected chi connectivity index (χ4v) is 1.84. The first-order chi connectivity index (χ1) is 10.7. The van der Waals surface area contributed by atoms with Gasteiger partial charge < -0.3 is 10.5 Å². The van der Waals surface area contributed by atoms with Gasteiger partial charge in [0.25, 0.3) is 5.91 Å². The first-order valence-electron chi connectivity index (χ1n) is 7.11. The molecule has 0 unspecified atom stereocenters. The predicted octanol–water partition coefficient (Wildman–Crippen LogP) is 2.82. The lowest BCUT2D eigenvalue weighted by Gasteiger charge is -2.07. The number of rotatable bonds is 6. The Bertz CT molecular complexity index is 668. The van der Waals surface area contributed by atoms with E-state index in [1.54, 1.807) is 30.5 Å². The zero-order valence-corrected chi connectivity index (χ0v) is 12.5. The molecule has 1 amide bonds. The van der Waals surface area contributed by atoms with Crippen molar-refractivity contribution in [3.8, 4) is 5.75 Å². The minimum atomic E-state index is -0.310. The third kappa shape index (κ3) is 4.34. The van der Waals surface area contributed by atoms with E-state index in [2.05, 4.69) is 10.5 Å². The maximum absolute atomic E-state index is 11.9. The van der Waals surface area contributed by atoms with Crippen LogP contribution in [0.3, 0.4) is 0 Å². The standard InChI is InChI=1S/C17H19N3O2/c1-2-10-22-16-9-4-3-6-14(16)12-19-20-17(21)13-7-5-8-15(18)11-13/h3-9,11-12H,2,10,18H2,1H3,(H,20,21)/b19-12-. The molecular weight excluding hydrogens is 278 g/mol. The number of hydrazone groups is 1. The molecule has 0 atom stereocenters. The molecule has 2 aromatic rings. The third-order valence-electron chi connectivity index (χ3n) is 2.90. The number of ether oxygens (including phenoxy) is 1. The Morgan fingerprint density at radius 2 is 2.09 bits per heavy atom. The SMILES string of the molecule is CCCOc1ccccc1/C=N\NC(=O)c1cccc(N)c1. The minimum Gasteiger partial charge on any atom is -0.493 e.